The van der Waals surface area contributed by atoms with Crippen molar-refractivity contribution in [2.45, 2.75) is 19.4 Å². The molecule has 1 saturated carbocycles. The Labute approximate surface area is 114 Å². The standard InChI is InChI=1S/C15H22FN3/c16-14-3-1-2-13(15(14)17)11-19-8-6-18(7-9-19)10-12-4-5-12/h1-3,12H,4-11,17H2. The van der Waals surface area contributed by atoms with Gasteiger partial charge in [-0.3, -0.25) is 4.90 Å². The zero-order chi connectivity index (χ0) is 13.2. The van der Waals surface area contributed by atoms with Gasteiger partial charge in [0.05, 0.1) is 5.69 Å². The van der Waals surface area contributed by atoms with E-state index in [1.54, 1.807) is 6.07 Å². The van der Waals surface area contributed by atoms with Crippen molar-refractivity contribution in [3.63, 3.8) is 0 Å². The Balaban J connectivity index is 1.52. The minimum atomic E-state index is -0.301. The third-order valence-electron chi connectivity index (χ3n) is 4.22. The van der Waals surface area contributed by atoms with E-state index in [2.05, 4.69) is 9.80 Å². The molecule has 2 aliphatic rings. The summed E-state index contributed by atoms with van der Waals surface area (Å²) >= 11 is 0. The van der Waals surface area contributed by atoms with Gasteiger partial charge in [0.15, 0.2) is 0 Å². The lowest BCUT2D eigenvalue weighted by molar-refractivity contribution is 0.123. The normalized spacial score (nSPS) is 21.7. The van der Waals surface area contributed by atoms with E-state index in [0.29, 0.717) is 5.69 Å². The van der Waals surface area contributed by atoms with Crippen molar-refractivity contribution in [1.29, 1.82) is 0 Å². The topological polar surface area (TPSA) is 32.5 Å². The van der Waals surface area contributed by atoms with Gasteiger partial charge in [-0.05, 0) is 30.4 Å². The van der Waals surface area contributed by atoms with E-state index in [4.69, 9.17) is 5.73 Å². The first-order valence-electron chi connectivity index (χ1n) is 7.20. The predicted molar refractivity (Wildman–Crippen MR) is 75.3 cm³/mol. The summed E-state index contributed by atoms with van der Waals surface area (Å²) in [5, 5.41) is 0. The van der Waals surface area contributed by atoms with E-state index in [0.717, 1.165) is 44.2 Å². The Morgan fingerprint density at radius 1 is 1.11 bits per heavy atom. The molecule has 0 spiro atoms. The predicted octanol–water partition coefficient (Wildman–Crippen LogP) is 1.94. The van der Waals surface area contributed by atoms with Gasteiger partial charge in [0.2, 0.25) is 0 Å². The zero-order valence-corrected chi connectivity index (χ0v) is 11.3. The third kappa shape index (κ3) is 3.25. The van der Waals surface area contributed by atoms with Crippen LogP contribution >= 0.6 is 0 Å². The third-order valence-corrected chi connectivity index (χ3v) is 4.22. The maximum absolute atomic E-state index is 13.4. The molecule has 2 fully saturated rings. The minimum Gasteiger partial charge on any atom is -0.396 e. The fourth-order valence-electron chi connectivity index (χ4n) is 2.76. The number of anilines is 1. The van der Waals surface area contributed by atoms with Crippen LogP contribution in [-0.4, -0.2) is 42.5 Å². The molecule has 0 aromatic heterocycles. The van der Waals surface area contributed by atoms with Crippen LogP contribution in [0.3, 0.4) is 0 Å². The lowest BCUT2D eigenvalue weighted by Gasteiger charge is -2.35. The minimum absolute atomic E-state index is 0.301. The molecular weight excluding hydrogens is 241 g/mol. The maximum Gasteiger partial charge on any atom is 0.146 e. The smallest absolute Gasteiger partial charge is 0.146 e. The van der Waals surface area contributed by atoms with E-state index < -0.39 is 0 Å². The van der Waals surface area contributed by atoms with Gasteiger partial charge >= 0.3 is 0 Å². The summed E-state index contributed by atoms with van der Waals surface area (Å²) in [6.45, 7) is 6.42. The van der Waals surface area contributed by atoms with E-state index in [1.165, 1.54) is 25.5 Å². The van der Waals surface area contributed by atoms with Crippen LogP contribution in [0.1, 0.15) is 18.4 Å². The monoisotopic (exact) mass is 263 g/mol. The molecule has 1 aliphatic heterocycles. The quantitative estimate of drug-likeness (QED) is 0.843. The molecular formula is C15H22FN3. The van der Waals surface area contributed by atoms with Gasteiger partial charge in [-0.2, -0.15) is 0 Å². The number of rotatable bonds is 4. The highest BCUT2D eigenvalue weighted by Crippen LogP contribution is 2.30. The van der Waals surface area contributed by atoms with Gasteiger partial charge in [-0.15, -0.1) is 0 Å². The highest BCUT2D eigenvalue weighted by Gasteiger charge is 2.26. The second kappa shape index (κ2) is 5.47. The second-order valence-corrected chi connectivity index (χ2v) is 5.83. The Bertz CT molecular complexity index is 437. The highest BCUT2D eigenvalue weighted by molar-refractivity contribution is 5.47. The van der Waals surface area contributed by atoms with Crippen molar-refractivity contribution in [3.8, 4) is 0 Å². The van der Waals surface area contributed by atoms with Crippen LogP contribution in [0, 0.1) is 11.7 Å². The molecule has 2 N–H and O–H groups in total. The van der Waals surface area contributed by atoms with Crippen LogP contribution in [0.5, 0.6) is 0 Å². The van der Waals surface area contributed by atoms with Gasteiger partial charge < -0.3 is 10.6 Å². The highest BCUT2D eigenvalue weighted by atomic mass is 19.1. The Kier molecular flexibility index (Phi) is 3.71. The molecule has 1 saturated heterocycles. The van der Waals surface area contributed by atoms with Crippen LogP contribution in [0.15, 0.2) is 18.2 Å². The number of halogens is 1. The number of hydrogen-bond donors (Lipinski definition) is 1. The largest absolute Gasteiger partial charge is 0.396 e. The first-order valence-corrected chi connectivity index (χ1v) is 7.20. The first-order chi connectivity index (χ1) is 9.22. The van der Waals surface area contributed by atoms with Crippen molar-refractivity contribution >= 4 is 5.69 Å². The molecule has 1 heterocycles. The van der Waals surface area contributed by atoms with E-state index in [9.17, 15) is 4.39 Å². The summed E-state index contributed by atoms with van der Waals surface area (Å²) in [7, 11) is 0. The molecule has 0 bridgehead atoms. The average molecular weight is 263 g/mol. The molecule has 0 amide bonds. The zero-order valence-electron chi connectivity index (χ0n) is 11.3. The number of para-hydroxylation sites is 1. The average Bonchev–Trinajstić information content (AvgIpc) is 3.21. The van der Waals surface area contributed by atoms with Gasteiger partial charge in [0.1, 0.15) is 5.82 Å². The SMILES string of the molecule is Nc1c(F)cccc1CN1CCN(CC2CC2)CC1. The van der Waals surface area contributed by atoms with E-state index in [-0.39, 0.29) is 5.82 Å². The molecule has 0 unspecified atom stereocenters. The number of nitrogen functional groups attached to an aromatic ring is 1. The molecule has 104 valence electrons. The number of nitrogens with zero attached hydrogens (tertiary/aromatic N) is 2. The summed E-state index contributed by atoms with van der Waals surface area (Å²) in [6, 6.07) is 5.09. The van der Waals surface area contributed by atoms with Crippen molar-refractivity contribution in [2.75, 3.05) is 38.5 Å². The summed E-state index contributed by atoms with van der Waals surface area (Å²) in [5.74, 6) is 0.662. The maximum atomic E-state index is 13.4. The molecule has 3 nitrogen and oxygen atoms in total. The van der Waals surface area contributed by atoms with Gasteiger partial charge in [-0.25, -0.2) is 4.39 Å². The van der Waals surface area contributed by atoms with Crippen LogP contribution in [0.4, 0.5) is 10.1 Å². The van der Waals surface area contributed by atoms with Crippen LogP contribution in [0.25, 0.3) is 0 Å². The molecule has 3 rings (SSSR count). The number of piperazine rings is 1. The second-order valence-electron chi connectivity index (χ2n) is 5.83. The first kappa shape index (κ1) is 12.9. The molecule has 4 heteroatoms. The van der Waals surface area contributed by atoms with E-state index >= 15 is 0 Å². The van der Waals surface area contributed by atoms with Crippen LogP contribution < -0.4 is 5.73 Å². The van der Waals surface area contributed by atoms with Crippen LogP contribution in [0.2, 0.25) is 0 Å². The Hall–Kier alpha value is -1.13. The molecule has 0 radical (unpaired) electrons. The fraction of sp³-hybridized carbons (Fsp3) is 0.600. The van der Waals surface area contributed by atoms with E-state index in [1.807, 2.05) is 6.07 Å². The van der Waals surface area contributed by atoms with Crippen LogP contribution in [-0.2, 0) is 6.54 Å². The number of hydrogen-bond acceptors (Lipinski definition) is 3. The summed E-state index contributed by atoms with van der Waals surface area (Å²) < 4.78 is 13.4. The summed E-state index contributed by atoms with van der Waals surface area (Å²) in [6.07, 6.45) is 2.83. The molecule has 1 aromatic carbocycles. The number of benzene rings is 1. The van der Waals surface area contributed by atoms with Crippen molar-refractivity contribution in [2.24, 2.45) is 5.92 Å². The summed E-state index contributed by atoms with van der Waals surface area (Å²) in [5.41, 5.74) is 7.01. The number of nitrogens with two attached hydrogens (primary N) is 1. The van der Waals surface area contributed by atoms with Gasteiger partial charge in [0, 0.05) is 39.3 Å². The lowest BCUT2D eigenvalue weighted by atomic mass is 10.1. The molecule has 0 atom stereocenters. The Morgan fingerprint density at radius 3 is 2.47 bits per heavy atom. The molecule has 19 heavy (non-hydrogen) atoms. The summed E-state index contributed by atoms with van der Waals surface area (Å²) in [4.78, 5) is 4.93. The van der Waals surface area contributed by atoms with Gasteiger partial charge in [0.25, 0.3) is 0 Å². The molecule has 1 aliphatic carbocycles. The molecule has 1 aromatic rings. The lowest BCUT2D eigenvalue weighted by Crippen LogP contribution is -2.46. The fourth-order valence-corrected chi connectivity index (χ4v) is 2.76. The van der Waals surface area contributed by atoms with Gasteiger partial charge in [-0.1, -0.05) is 12.1 Å². The van der Waals surface area contributed by atoms with Crippen molar-refractivity contribution in [3.05, 3.63) is 29.6 Å². The Morgan fingerprint density at radius 2 is 1.79 bits per heavy atom. The van der Waals surface area contributed by atoms with Crippen molar-refractivity contribution < 1.29 is 4.39 Å². The van der Waals surface area contributed by atoms with Crippen molar-refractivity contribution in [1.82, 2.24) is 9.80 Å².